The van der Waals surface area contributed by atoms with Crippen LogP contribution in [0.1, 0.15) is 41.7 Å². The number of fused-ring (bicyclic) bond motifs is 1. The van der Waals surface area contributed by atoms with E-state index in [4.69, 9.17) is 4.74 Å². The number of hydrogen-bond donors (Lipinski definition) is 0. The fourth-order valence-electron chi connectivity index (χ4n) is 3.65. The van der Waals surface area contributed by atoms with Crippen LogP contribution in [0.25, 0.3) is 11.0 Å². The van der Waals surface area contributed by atoms with E-state index in [0.717, 1.165) is 22.0 Å². The lowest BCUT2D eigenvalue weighted by Crippen LogP contribution is -2.44. The van der Waals surface area contributed by atoms with Crippen LogP contribution in [0.2, 0.25) is 0 Å². The van der Waals surface area contributed by atoms with Crippen LogP contribution in [0, 0.1) is 5.82 Å². The van der Waals surface area contributed by atoms with Crippen LogP contribution in [0.4, 0.5) is 10.1 Å². The Hall–Kier alpha value is -3.82. The quantitative estimate of drug-likeness (QED) is 0.528. The summed E-state index contributed by atoms with van der Waals surface area (Å²) in [6.07, 6.45) is 1.83. The lowest BCUT2D eigenvalue weighted by molar-refractivity contribution is -0.119. The number of esters is 1. The zero-order chi connectivity index (χ0) is 23.9. The van der Waals surface area contributed by atoms with E-state index in [1.165, 1.54) is 43.3 Å². The molecule has 10 heteroatoms. The molecule has 1 aliphatic carbocycles. The fourth-order valence-corrected chi connectivity index (χ4v) is 3.65. The number of aryl methyl sites for hydroxylation is 1. The van der Waals surface area contributed by atoms with Crippen molar-refractivity contribution in [2.24, 2.45) is 7.05 Å². The van der Waals surface area contributed by atoms with Gasteiger partial charge in [0.05, 0.1) is 17.6 Å². The molecule has 0 atom stereocenters. The van der Waals surface area contributed by atoms with Gasteiger partial charge in [0.2, 0.25) is 5.91 Å². The first-order chi connectivity index (χ1) is 15.7. The lowest BCUT2D eigenvalue weighted by atomic mass is 10.1. The van der Waals surface area contributed by atoms with Gasteiger partial charge in [-0.25, -0.2) is 19.0 Å². The summed E-state index contributed by atoms with van der Waals surface area (Å²) in [5, 5.41) is -0.0721. The molecule has 9 nitrogen and oxygen atoms in total. The number of anilines is 1. The molecule has 2 heterocycles. The second-order valence-electron chi connectivity index (χ2n) is 7.95. The van der Waals surface area contributed by atoms with Gasteiger partial charge in [0, 0.05) is 31.4 Å². The number of amides is 1. The van der Waals surface area contributed by atoms with E-state index in [2.05, 4.69) is 4.98 Å². The van der Waals surface area contributed by atoms with Crippen LogP contribution in [0.5, 0.6) is 0 Å². The monoisotopic (exact) mass is 454 g/mol. The number of ether oxygens (including phenoxy) is 1. The fraction of sp³-hybridized carbons (Fsp3) is 0.348. The molecule has 0 saturated heterocycles. The van der Waals surface area contributed by atoms with Crippen molar-refractivity contribution in [2.75, 3.05) is 18.6 Å². The Kier molecular flexibility index (Phi) is 5.84. The summed E-state index contributed by atoms with van der Waals surface area (Å²) in [5.74, 6) is -1.54. The minimum atomic E-state index is -0.799. The molecule has 0 radical (unpaired) electrons. The van der Waals surface area contributed by atoms with E-state index in [0.29, 0.717) is 11.4 Å². The third-order valence-electron chi connectivity index (χ3n) is 5.69. The van der Waals surface area contributed by atoms with Crippen LogP contribution in [-0.2, 0) is 23.1 Å². The standard InChI is InChI=1S/C23H23FN4O5/c1-4-33-22(31)16-11-17(13-5-6-13)25-20-19(16)21(30)28(23(32)27(20)3)12-18(29)26(2)15-9-7-14(24)8-10-15/h7-11,13H,4-6,12H2,1-3H3. The molecule has 1 aliphatic rings. The van der Waals surface area contributed by atoms with Crippen LogP contribution in [0.15, 0.2) is 39.9 Å². The van der Waals surface area contributed by atoms with Gasteiger partial charge in [-0.3, -0.25) is 18.7 Å². The highest BCUT2D eigenvalue weighted by Gasteiger charge is 2.29. The first kappa shape index (κ1) is 22.4. The number of rotatable bonds is 6. The van der Waals surface area contributed by atoms with E-state index < -0.39 is 35.5 Å². The molecular weight excluding hydrogens is 431 g/mol. The number of pyridine rings is 1. The minimum absolute atomic E-state index is 0.0254. The summed E-state index contributed by atoms with van der Waals surface area (Å²) >= 11 is 0. The van der Waals surface area contributed by atoms with Gasteiger partial charge >= 0.3 is 11.7 Å². The van der Waals surface area contributed by atoms with E-state index in [-0.39, 0.29) is 29.1 Å². The Balaban J connectivity index is 1.83. The van der Waals surface area contributed by atoms with E-state index in [1.807, 2.05) is 0 Å². The highest BCUT2D eigenvalue weighted by Crippen LogP contribution is 2.39. The zero-order valence-electron chi connectivity index (χ0n) is 18.5. The molecule has 33 heavy (non-hydrogen) atoms. The van der Waals surface area contributed by atoms with Crippen molar-refractivity contribution in [3.63, 3.8) is 0 Å². The zero-order valence-corrected chi connectivity index (χ0v) is 18.5. The minimum Gasteiger partial charge on any atom is -0.462 e. The topological polar surface area (TPSA) is 104 Å². The largest absolute Gasteiger partial charge is 0.462 e. The molecule has 1 saturated carbocycles. The maximum atomic E-state index is 13.3. The summed E-state index contributed by atoms with van der Waals surface area (Å²) < 4.78 is 20.3. The molecule has 0 spiro atoms. The molecule has 2 aromatic heterocycles. The maximum absolute atomic E-state index is 13.3. The molecule has 0 bridgehead atoms. The Morgan fingerprint density at radius 2 is 1.88 bits per heavy atom. The average Bonchev–Trinajstić information content (AvgIpc) is 3.65. The van der Waals surface area contributed by atoms with Gasteiger partial charge in [-0.1, -0.05) is 0 Å². The highest BCUT2D eigenvalue weighted by atomic mass is 19.1. The third kappa shape index (κ3) is 4.15. The van der Waals surface area contributed by atoms with Gasteiger partial charge in [0.1, 0.15) is 18.0 Å². The van der Waals surface area contributed by atoms with Crippen LogP contribution in [-0.4, -0.2) is 39.6 Å². The third-order valence-corrected chi connectivity index (χ3v) is 5.69. The molecule has 0 N–H and O–H groups in total. The summed E-state index contributed by atoms with van der Waals surface area (Å²) in [6, 6.07) is 6.78. The Morgan fingerprint density at radius 3 is 2.48 bits per heavy atom. The van der Waals surface area contributed by atoms with Crippen molar-refractivity contribution >= 4 is 28.6 Å². The second-order valence-corrected chi connectivity index (χ2v) is 7.95. The smallest absolute Gasteiger partial charge is 0.339 e. The second kappa shape index (κ2) is 8.61. The van der Waals surface area contributed by atoms with Gasteiger partial charge in [-0.05, 0) is 50.1 Å². The molecule has 1 fully saturated rings. The molecule has 1 amide bonds. The van der Waals surface area contributed by atoms with Crippen molar-refractivity contribution < 1.29 is 18.7 Å². The van der Waals surface area contributed by atoms with E-state index in [1.54, 1.807) is 13.0 Å². The highest BCUT2D eigenvalue weighted by molar-refractivity contribution is 6.02. The van der Waals surface area contributed by atoms with Crippen LogP contribution >= 0.6 is 0 Å². The predicted octanol–water partition coefficient (Wildman–Crippen LogP) is 1.95. The normalized spacial score (nSPS) is 13.2. The number of aromatic nitrogens is 3. The SMILES string of the molecule is CCOC(=O)c1cc(C2CC2)nc2c1c(=O)n(CC(=O)N(C)c1ccc(F)cc1)c(=O)n2C. The van der Waals surface area contributed by atoms with Crippen molar-refractivity contribution in [3.05, 3.63) is 68.2 Å². The van der Waals surface area contributed by atoms with Crippen LogP contribution < -0.4 is 16.1 Å². The Labute approximate surface area is 188 Å². The van der Waals surface area contributed by atoms with Gasteiger partial charge in [-0.15, -0.1) is 0 Å². The first-order valence-electron chi connectivity index (χ1n) is 10.6. The number of carbonyl (C=O) groups excluding carboxylic acids is 2. The average molecular weight is 454 g/mol. The van der Waals surface area contributed by atoms with Gasteiger partial charge in [0.25, 0.3) is 5.56 Å². The molecular formula is C23H23FN4O5. The summed E-state index contributed by atoms with van der Waals surface area (Å²) in [4.78, 5) is 57.6. The number of benzene rings is 1. The number of halogens is 1. The van der Waals surface area contributed by atoms with Crippen molar-refractivity contribution in [1.29, 1.82) is 0 Å². The summed E-state index contributed by atoms with van der Waals surface area (Å²) in [7, 11) is 2.90. The molecule has 4 rings (SSSR count). The van der Waals surface area contributed by atoms with E-state index >= 15 is 0 Å². The van der Waals surface area contributed by atoms with Crippen molar-refractivity contribution in [3.8, 4) is 0 Å². The number of carbonyl (C=O) groups is 2. The Bertz CT molecular complexity index is 1370. The number of hydrogen-bond acceptors (Lipinski definition) is 6. The van der Waals surface area contributed by atoms with Gasteiger partial charge < -0.3 is 9.64 Å². The van der Waals surface area contributed by atoms with Gasteiger partial charge in [0.15, 0.2) is 0 Å². The van der Waals surface area contributed by atoms with Crippen molar-refractivity contribution in [1.82, 2.24) is 14.1 Å². The predicted molar refractivity (Wildman–Crippen MR) is 119 cm³/mol. The molecule has 172 valence electrons. The molecule has 3 aromatic rings. The van der Waals surface area contributed by atoms with Gasteiger partial charge in [-0.2, -0.15) is 0 Å². The number of nitrogens with zero attached hydrogens (tertiary/aromatic N) is 4. The molecule has 1 aromatic carbocycles. The molecule has 0 aliphatic heterocycles. The van der Waals surface area contributed by atoms with Crippen LogP contribution in [0.3, 0.4) is 0 Å². The maximum Gasteiger partial charge on any atom is 0.339 e. The first-order valence-corrected chi connectivity index (χ1v) is 10.6. The Morgan fingerprint density at radius 1 is 1.21 bits per heavy atom. The summed E-state index contributed by atoms with van der Waals surface area (Å²) in [6.45, 7) is 1.20. The summed E-state index contributed by atoms with van der Waals surface area (Å²) in [5.41, 5.74) is -0.402. The lowest BCUT2D eigenvalue weighted by Gasteiger charge is -2.19. The number of likely N-dealkylation sites (N-methyl/N-ethyl adjacent to an activating group) is 1. The van der Waals surface area contributed by atoms with E-state index in [9.17, 15) is 23.6 Å². The van der Waals surface area contributed by atoms with Crippen molar-refractivity contribution in [2.45, 2.75) is 32.2 Å². The molecule has 0 unspecified atom stereocenters.